The van der Waals surface area contributed by atoms with Gasteiger partial charge in [-0.05, 0) is 25.5 Å². The number of nitrogens with one attached hydrogen (secondary N) is 2. The summed E-state index contributed by atoms with van der Waals surface area (Å²) in [4.78, 5) is 12.0. The van der Waals surface area contributed by atoms with Gasteiger partial charge in [-0.3, -0.25) is 4.79 Å². The number of anilines is 1. The number of benzene rings is 1. The highest BCUT2D eigenvalue weighted by Crippen LogP contribution is 2.28. The monoisotopic (exact) mass is 291 g/mol. The molecule has 0 saturated heterocycles. The van der Waals surface area contributed by atoms with Crippen molar-refractivity contribution in [3.05, 3.63) is 23.8 Å². The lowest BCUT2D eigenvalue weighted by Gasteiger charge is -2.18. The maximum absolute atomic E-state index is 12.0. The molecule has 6 heteroatoms. The summed E-state index contributed by atoms with van der Waals surface area (Å²) in [6.07, 6.45) is 0.757. The van der Waals surface area contributed by atoms with Crippen LogP contribution in [-0.4, -0.2) is 39.3 Å². The van der Waals surface area contributed by atoms with Gasteiger partial charge in [0.2, 0.25) is 5.91 Å². The molecule has 0 spiro atoms. The van der Waals surface area contributed by atoms with Crippen LogP contribution in [-0.2, 0) is 9.53 Å². The summed E-state index contributed by atoms with van der Waals surface area (Å²) in [5.41, 5.74) is 0.968. The van der Waals surface area contributed by atoms with Crippen LogP contribution < -0.4 is 15.4 Å². The van der Waals surface area contributed by atoms with Crippen LogP contribution in [0.4, 0.5) is 5.69 Å². The minimum atomic E-state index is -0.476. The number of carbonyl (C=O) groups is 1. The number of carbonyl (C=O) groups excluding carboxylic acids is 1. The molecule has 0 fully saturated rings. The van der Waals surface area contributed by atoms with Crippen LogP contribution in [0, 0.1) is 11.3 Å². The fraction of sp³-hybridized carbons (Fsp3) is 0.467. The normalized spacial score (nSPS) is 11.3. The first-order valence-corrected chi connectivity index (χ1v) is 6.74. The molecule has 114 valence electrons. The smallest absolute Gasteiger partial charge is 0.242 e. The zero-order valence-electron chi connectivity index (χ0n) is 12.6. The summed E-state index contributed by atoms with van der Waals surface area (Å²) in [6.45, 7) is 2.89. The van der Waals surface area contributed by atoms with Gasteiger partial charge in [0.15, 0.2) is 0 Å². The highest BCUT2D eigenvalue weighted by Gasteiger charge is 2.16. The quantitative estimate of drug-likeness (QED) is 0.710. The van der Waals surface area contributed by atoms with Gasteiger partial charge in [0, 0.05) is 20.3 Å². The van der Waals surface area contributed by atoms with Crippen LogP contribution >= 0.6 is 0 Å². The molecule has 1 rings (SSSR count). The predicted molar refractivity (Wildman–Crippen MR) is 80.3 cm³/mol. The van der Waals surface area contributed by atoms with E-state index in [0.29, 0.717) is 30.2 Å². The molecule has 1 aromatic rings. The van der Waals surface area contributed by atoms with E-state index in [2.05, 4.69) is 16.7 Å². The van der Waals surface area contributed by atoms with Gasteiger partial charge in [-0.25, -0.2) is 0 Å². The molecule has 1 atom stereocenters. The molecule has 1 unspecified atom stereocenters. The van der Waals surface area contributed by atoms with Crippen molar-refractivity contribution in [2.24, 2.45) is 0 Å². The second-order valence-electron chi connectivity index (χ2n) is 4.50. The summed E-state index contributed by atoms with van der Waals surface area (Å²) in [6, 6.07) is 6.76. The third-order valence-corrected chi connectivity index (χ3v) is 2.95. The van der Waals surface area contributed by atoms with Gasteiger partial charge in [-0.15, -0.1) is 0 Å². The molecule has 6 nitrogen and oxygen atoms in total. The molecule has 0 radical (unpaired) electrons. The molecule has 2 N–H and O–H groups in total. The van der Waals surface area contributed by atoms with Crippen molar-refractivity contribution in [3.63, 3.8) is 0 Å². The van der Waals surface area contributed by atoms with E-state index in [1.165, 1.54) is 7.11 Å². The summed E-state index contributed by atoms with van der Waals surface area (Å²) in [5.74, 6) is 0.397. The Balaban J connectivity index is 2.68. The third kappa shape index (κ3) is 4.97. The van der Waals surface area contributed by atoms with Gasteiger partial charge >= 0.3 is 0 Å². The Labute approximate surface area is 125 Å². The number of nitrogens with zero attached hydrogens (tertiary/aromatic N) is 1. The summed E-state index contributed by atoms with van der Waals surface area (Å²) < 4.78 is 10.1. The zero-order valence-corrected chi connectivity index (χ0v) is 12.6. The number of hydrogen-bond donors (Lipinski definition) is 2. The Bertz CT molecular complexity index is 511. The standard InChI is InChI=1S/C15H21N3O3/c1-11(15(19)17-8-5-9-20-2)18-14-12(10-16)6-4-7-13(14)21-3/h4,6-7,11,18H,5,8-9H2,1-3H3,(H,17,19). The van der Waals surface area contributed by atoms with Crippen LogP contribution in [0.3, 0.4) is 0 Å². The maximum atomic E-state index is 12.0. The molecule has 0 aromatic heterocycles. The van der Waals surface area contributed by atoms with Crippen LogP contribution in [0.25, 0.3) is 0 Å². The largest absolute Gasteiger partial charge is 0.495 e. The van der Waals surface area contributed by atoms with E-state index in [1.807, 2.05) is 0 Å². The topological polar surface area (TPSA) is 83.4 Å². The Kier molecular flexibility index (Phi) is 7.05. The van der Waals surface area contributed by atoms with Crippen molar-refractivity contribution in [1.82, 2.24) is 5.32 Å². The van der Waals surface area contributed by atoms with Crippen LogP contribution in [0.15, 0.2) is 18.2 Å². The average Bonchev–Trinajstić information content (AvgIpc) is 2.51. The number of hydrogen-bond acceptors (Lipinski definition) is 5. The van der Waals surface area contributed by atoms with Gasteiger partial charge < -0.3 is 20.1 Å². The molecule has 1 amide bonds. The van der Waals surface area contributed by atoms with E-state index in [9.17, 15) is 4.79 Å². The molecule has 0 bridgehead atoms. The summed E-state index contributed by atoms with van der Waals surface area (Å²) >= 11 is 0. The van der Waals surface area contributed by atoms with Gasteiger partial charge in [0.1, 0.15) is 17.9 Å². The van der Waals surface area contributed by atoms with Gasteiger partial charge in [0.05, 0.1) is 18.4 Å². The first-order valence-electron chi connectivity index (χ1n) is 6.74. The Morgan fingerprint density at radius 1 is 1.43 bits per heavy atom. The molecular weight excluding hydrogens is 270 g/mol. The van der Waals surface area contributed by atoms with E-state index in [-0.39, 0.29) is 5.91 Å². The van der Waals surface area contributed by atoms with E-state index in [4.69, 9.17) is 14.7 Å². The molecule has 0 aliphatic carbocycles. The zero-order chi connectivity index (χ0) is 15.7. The van der Waals surface area contributed by atoms with Crippen LogP contribution in [0.2, 0.25) is 0 Å². The second-order valence-corrected chi connectivity index (χ2v) is 4.50. The van der Waals surface area contributed by atoms with Crippen molar-refractivity contribution in [3.8, 4) is 11.8 Å². The first kappa shape index (κ1) is 16.8. The summed E-state index contributed by atoms with van der Waals surface area (Å²) in [7, 11) is 3.15. The van der Waals surface area contributed by atoms with Crippen molar-refractivity contribution in [2.75, 3.05) is 32.7 Å². The van der Waals surface area contributed by atoms with Crippen LogP contribution in [0.5, 0.6) is 5.75 Å². The maximum Gasteiger partial charge on any atom is 0.242 e. The predicted octanol–water partition coefficient (Wildman–Crippen LogP) is 1.52. The number of nitriles is 1. The second kappa shape index (κ2) is 8.82. The van der Waals surface area contributed by atoms with E-state index in [0.717, 1.165) is 6.42 Å². The molecule has 0 aliphatic rings. The molecule has 0 heterocycles. The van der Waals surface area contributed by atoms with Crippen molar-refractivity contribution in [2.45, 2.75) is 19.4 Å². The molecule has 0 aliphatic heterocycles. The molecule has 1 aromatic carbocycles. The Hall–Kier alpha value is -2.26. The highest BCUT2D eigenvalue weighted by molar-refractivity contribution is 5.85. The van der Waals surface area contributed by atoms with Crippen LogP contribution in [0.1, 0.15) is 18.9 Å². The Morgan fingerprint density at radius 3 is 2.81 bits per heavy atom. The van der Waals surface area contributed by atoms with Gasteiger partial charge in [0.25, 0.3) is 0 Å². The fourth-order valence-corrected chi connectivity index (χ4v) is 1.81. The van der Waals surface area contributed by atoms with Crippen molar-refractivity contribution in [1.29, 1.82) is 5.26 Å². The minimum Gasteiger partial charge on any atom is -0.495 e. The Morgan fingerprint density at radius 2 is 2.19 bits per heavy atom. The lowest BCUT2D eigenvalue weighted by atomic mass is 10.1. The number of rotatable bonds is 8. The highest BCUT2D eigenvalue weighted by atomic mass is 16.5. The lowest BCUT2D eigenvalue weighted by Crippen LogP contribution is -2.38. The molecular formula is C15H21N3O3. The lowest BCUT2D eigenvalue weighted by molar-refractivity contribution is -0.121. The van der Waals surface area contributed by atoms with Crippen molar-refractivity contribution < 1.29 is 14.3 Å². The number of ether oxygens (including phenoxy) is 2. The summed E-state index contributed by atoms with van der Waals surface area (Å²) in [5, 5.41) is 15.0. The minimum absolute atomic E-state index is 0.138. The molecule has 21 heavy (non-hydrogen) atoms. The number of para-hydroxylation sites is 1. The molecule has 0 saturated carbocycles. The van der Waals surface area contributed by atoms with E-state index < -0.39 is 6.04 Å². The number of amides is 1. The first-order chi connectivity index (χ1) is 10.1. The fourth-order valence-electron chi connectivity index (χ4n) is 1.81. The van der Waals surface area contributed by atoms with E-state index >= 15 is 0 Å². The average molecular weight is 291 g/mol. The van der Waals surface area contributed by atoms with E-state index in [1.54, 1.807) is 32.2 Å². The van der Waals surface area contributed by atoms with Gasteiger partial charge in [-0.1, -0.05) is 6.07 Å². The SMILES string of the molecule is COCCCNC(=O)C(C)Nc1c(C#N)cccc1OC. The third-order valence-electron chi connectivity index (χ3n) is 2.95. The van der Waals surface area contributed by atoms with Gasteiger partial charge in [-0.2, -0.15) is 5.26 Å². The van der Waals surface area contributed by atoms with Crippen molar-refractivity contribution >= 4 is 11.6 Å². The number of methoxy groups -OCH3 is 2.